The van der Waals surface area contributed by atoms with Crippen LogP contribution in [-0.2, 0) is 14.6 Å². The van der Waals surface area contributed by atoms with Crippen LogP contribution in [0.1, 0.15) is 33.1 Å². The monoisotopic (exact) mass is 250 g/mol. The molecule has 0 bridgehead atoms. The topological polar surface area (TPSA) is 91.7 Å². The lowest BCUT2D eigenvalue weighted by atomic mass is 9.67. The third-order valence-corrected chi connectivity index (χ3v) is 5.54. The highest BCUT2D eigenvalue weighted by molar-refractivity contribution is 7.91. The summed E-state index contributed by atoms with van der Waals surface area (Å²) in [6, 6.07) is 0. The van der Waals surface area contributed by atoms with Crippen molar-refractivity contribution in [3.8, 4) is 0 Å². The van der Waals surface area contributed by atoms with E-state index in [2.05, 4.69) is 0 Å². The number of carboxylic acid groups (broad SMARTS) is 1. The summed E-state index contributed by atoms with van der Waals surface area (Å²) in [5.41, 5.74) is -2.97. The molecule has 1 aliphatic rings. The number of sulfone groups is 1. The molecule has 94 valence electrons. The fraction of sp³-hybridized carbons (Fsp3) is 0.900. The maximum atomic E-state index is 11.4. The van der Waals surface area contributed by atoms with E-state index in [1.54, 1.807) is 13.8 Å². The molecule has 1 rings (SSSR count). The zero-order valence-electron chi connectivity index (χ0n) is 9.56. The number of aliphatic hydroxyl groups is 1. The molecular formula is C10H18O5S. The summed E-state index contributed by atoms with van der Waals surface area (Å²) in [6.45, 7) is 3.33. The average Bonchev–Trinajstić information content (AvgIpc) is 2.44. The van der Waals surface area contributed by atoms with E-state index in [4.69, 9.17) is 0 Å². The van der Waals surface area contributed by atoms with Crippen LogP contribution in [0.4, 0.5) is 0 Å². The Hall–Kier alpha value is -0.620. The predicted molar refractivity (Wildman–Crippen MR) is 58.9 cm³/mol. The van der Waals surface area contributed by atoms with Gasteiger partial charge in [0.25, 0.3) is 0 Å². The average molecular weight is 250 g/mol. The van der Waals surface area contributed by atoms with Gasteiger partial charge in [0, 0.05) is 0 Å². The second kappa shape index (κ2) is 4.00. The van der Waals surface area contributed by atoms with Gasteiger partial charge in [-0.25, -0.2) is 8.42 Å². The van der Waals surface area contributed by atoms with Crippen LogP contribution >= 0.6 is 0 Å². The summed E-state index contributed by atoms with van der Waals surface area (Å²) in [6.07, 6.45) is 0.471. The molecule has 0 radical (unpaired) electrons. The van der Waals surface area contributed by atoms with Crippen LogP contribution in [0.5, 0.6) is 0 Å². The Bertz CT molecular complexity index is 382. The molecule has 1 fully saturated rings. The lowest BCUT2D eigenvalue weighted by molar-refractivity contribution is -0.167. The predicted octanol–water partition coefficient (Wildman–Crippen LogP) is 0.427. The molecule has 0 aromatic carbocycles. The third-order valence-electron chi connectivity index (χ3n) is 3.79. The van der Waals surface area contributed by atoms with E-state index in [9.17, 15) is 23.4 Å². The summed E-state index contributed by atoms with van der Waals surface area (Å²) in [7, 11) is -3.30. The molecule has 0 spiro atoms. The fourth-order valence-corrected chi connectivity index (χ4v) is 4.56. The molecule has 0 aliphatic carbocycles. The highest BCUT2D eigenvalue weighted by Crippen LogP contribution is 2.45. The van der Waals surface area contributed by atoms with Gasteiger partial charge in [0.05, 0.1) is 22.5 Å². The van der Waals surface area contributed by atoms with Crippen molar-refractivity contribution in [3.05, 3.63) is 0 Å². The van der Waals surface area contributed by atoms with Crippen LogP contribution in [0.3, 0.4) is 0 Å². The summed E-state index contributed by atoms with van der Waals surface area (Å²) in [5, 5.41) is 19.6. The third kappa shape index (κ3) is 1.84. The molecule has 1 aliphatic heterocycles. The Balaban J connectivity index is 3.19. The summed E-state index contributed by atoms with van der Waals surface area (Å²) in [4.78, 5) is 11.3. The van der Waals surface area contributed by atoms with Crippen molar-refractivity contribution >= 4 is 15.8 Å². The largest absolute Gasteiger partial charge is 0.481 e. The molecule has 0 aromatic rings. The molecule has 1 saturated heterocycles. The Morgan fingerprint density at radius 2 is 1.88 bits per heavy atom. The molecule has 0 amide bonds. The second-order valence-corrected chi connectivity index (χ2v) is 6.65. The van der Waals surface area contributed by atoms with Crippen molar-refractivity contribution in [3.63, 3.8) is 0 Å². The molecule has 0 saturated carbocycles. The normalized spacial score (nSPS) is 29.2. The first kappa shape index (κ1) is 13.4. The first-order valence-corrected chi connectivity index (χ1v) is 7.21. The minimum Gasteiger partial charge on any atom is -0.481 e. The van der Waals surface area contributed by atoms with Crippen molar-refractivity contribution in [2.75, 3.05) is 11.5 Å². The van der Waals surface area contributed by atoms with E-state index >= 15 is 0 Å². The minimum atomic E-state index is -3.30. The van der Waals surface area contributed by atoms with E-state index in [0.717, 1.165) is 0 Å². The maximum absolute atomic E-state index is 11.4. The SMILES string of the molecule is CCC(CC)(C(=O)O)C1(O)CCS(=O)(=O)C1. The molecule has 1 atom stereocenters. The lowest BCUT2D eigenvalue weighted by Gasteiger charge is -2.40. The van der Waals surface area contributed by atoms with Gasteiger partial charge in [-0.05, 0) is 19.3 Å². The van der Waals surface area contributed by atoms with Crippen molar-refractivity contribution in [2.24, 2.45) is 5.41 Å². The van der Waals surface area contributed by atoms with Gasteiger partial charge in [-0.2, -0.15) is 0 Å². The first-order valence-electron chi connectivity index (χ1n) is 5.39. The smallest absolute Gasteiger partial charge is 0.312 e. The Morgan fingerprint density at radius 1 is 1.38 bits per heavy atom. The number of hydrogen-bond donors (Lipinski definition) is 2. The number of carbonyl (C=O) groups is 1. The van der Waals surface area contributed by atoms with Gasteiger partial charge in [-0.15, -0.1) is 0 Å². The maximum Gasteiger partial charge on any atom is 0.312 e. The van der Waals surface area contributed by atoms with Crippen molar-refractivity contribution in [2.45, 2.75) is 38.7 Å². The van der Waals surface area contributed by atoms with Crippen LogP contribution < -0.4 is 0 Å². The highest BCUT2D eigenvalue weighted by atomic mass is 32.2. The van der Waals surface area contributed by atoms with Gasteiger partial charge < -0.3 is 10.2 Å². The van der Waals surface area contributed by atoms with Crippen LogP contribution in [-0.4, -0.2) is 41.7 Å². The number of carboxylic acids is 1. The van der Waals surface area contributed by atoms with E-state index in [-0.39, 0.29) is 25.0 Å². The Kier molecular flexibility index (Phi) is 3.36. The molecule has 1 heterocycles. The molecule has 6 heteroatoms. The molecule has 2 N–H and O–H groups in total. The lowest BCUT2D eigenvalue weighted by Crippen LogP contribution is -2.53. The minimum absolute atomic E-state index is 0.0172. The van der Waals surface area contributed by atoms with Gasteiger partial charge in [0.15, 0.2) is 9.84 Å². The fourth-order valence-electron chi connectivity index (χ4n) is 2.62. The Labute approximate surface area is 95.4 Å². The van der Waals surface area contributed by atoms with Gasteiger partial charge in [0.1, 0.15) is 0 Å². The van der Waals surface area contributed by atoms with E-state index < -0.39 is 32.6 Å². The quantitative estimate of drug-likeness (QED) is 0.754. The molecule has 0 aromatic heterocycles. The zero-order valence-corrected chi connectivity index (χ0v) is 10.4. The molecule has 1 unspecified atom stereocenters. The summed E-state index contributed by atoms with van der Waals surface area (Å²) < 4.78 is 22.8. The Morgan fingerprint density at radius 3 is 2.12 bits per heavy atom. The number of rotatable bonds is 4. The first-order chi connectivity index (χ1) is 7.23. The van der Waals surface area contributed by atoms with Crippen LogP contribution in [0.2, 0.25) is 0 Å². The summed E-state index contributed by atoms with van der Waals surface area (Å²) >= 11 is 0. The van der Waals surface area contributed by atoms with E-state index in [0.29, 0.717) is 0 Å². The molecular weight excluding hydrogens is 232 g/mol. The number of hydrogen-bond acceptors (Lipinski definition) is 4. The highest BCUT2D eigenvalue weighted by Gasteiger charge is 2.58. The van der Waals surface area contributed by atoms with Gasteiger partial charge in [-0.1, -0.05) is 13.8 Å². The van der Waals surface area contributed by atoms with E-state index in [1.165, 1.54) is 0 Å². The molecule has 16 heavy (non-hydrogen) atoms. The molecule has 5 nitrogen and oxygen atoms in total. The van der Waals surface area contributed by atoms with E-state index in [1.807, 2.05) is 0 Å². The van der Waals surface area contributed by atoms with Crippen LogP contribution in [0, 0.1) is 5.41 Å². The van der Waals surface area contributed by atoms with Gasteiger partial charge in [-0.3, -0.25) is 4.79 Å². The van der Waals surface area contributed by atoms with Crippen LogP contribution in [0.25, 0.3) is 0 Å². The van der Waals surface area contributed by atoms with Gasteiger partial charge in [0.2, 0.25) is 0 Å². The van der Waals surface area contributed by atoms with Crippen molar-refractivity contribution < 1.29 is 23.4 Å². The standard InChI is InChI=1S/C10H18O5S/c1-3-9(4-2,8(11)12)10(13)5-6-16(14,15)7-10/h13H,3-7H2,1-2H3,(H,11,12). The number of aliphatic carboxylic acids is 1. The van der Waals surface area contributed by atoms with Gasteiger partial charge >= 0.3 is 5.97 Å². The van der Waals surface area contributed by atoms with Crippen molar-refractivity contribution in [1.29, 1.82) is 0 Å². The van der Waals surface area contributed by atoms with Crippen LogP contribution in [0.15, 0.2) is 0 Å². The zero-order chi connectivity index (χ0) is 12.6. The second-order valence-electron chi connectivity index (χ2n) is 4.47. The summed E-state index contributed by atoms with van der Waals surface area (Å²) in [5.74, 6) is -1.68. The van der Waals surface area contributed by atoms with Crippen molar-refractivity contribution in [1.82, 2.24) is 0 Å².